The van der Waals surface area contributed by atoms with E-state index in [1.807, 2.05) is 48.8 Å². The number of hydrogen-bond acceptors (Lipinski definition) is 8. The van der Waals surface area contributed by atoms with Crippen molar-refractivity contribution in [1.29, 1.82) is 0 Å². The number of pyridine rings is 1. The van der Waals surface area contributed by atoms with Crippen LogP contribution in [-0.2, 0) is 27.5 Å². The summed E-state index contributed by atoms with van der Waals surface area (Å²) in [5, 5.41) is 2.33. The number of aromatic nitrogens is 3. The van der Waals surface area contributed by atoms with Gasteiger partial charge in [-0.05, 0) is 46.4 Å². The second kappa shape index (κ2) is 15.2. The number of nitrogens with two attached hydrogens (primary N) is 1. The van der Waals surface area contributed by atoms with Gasteiger partial charge in [0.15, 0.2) is 0 Å². The number of nitrogens with zero attached hydrogens (tertiary/aromatic N) is 6. The van der Waals surface area contributed by atoms with E-state index in [4.69, 9.17) is 5.73 Å². The largest absolute Gasteiger partial charge is 0.383 e. The molecule has 0 radical (unpaired) electrons. The Morgan fingerprint density at radius 1 is 1.07 bits per heavy atom. The molecular formula is C31H44N8O3. The van der Waals surface area contributed by atoms with Gasteiger partial charge in [-0.1, -0.05) is 36.4 Å². The summed E-state index contributed by atoms with van der Waals surface area (Å²) in [6.45, 7) is 14.4. The molecule has 4 heterocycles. The van der Waals surface area contributed by atoms with Crippen molar-refractivity contribution < 1.29 is 14.4 Å². The van der Waals surface area contributed by atoms with E-state index in [-0.39, 0.29) is 17.6 Å². The van der Waals surface area contributed by atoms with Gasteiger partial charge in [-0.2, -0.15) is 0 Å². The summed E-state index contributed by atoms with van der Waals surface area (Å²) in [5.74, 6) is 1.09. The highest BCUT2D eigenvalue weighted by atomic mass is 16.2. The van der Waals surface area contributed by atoms with Gasteiger partial charge < -0.3 is 25.4 Å². The van der Waals surface area contributed by atoms with Crippen molar-refractivity contribution in [3.8, 4) is 0 Å². The molecular weight excluding hydrogens is 532 g/mol. The van der Waals surface area contributed by atoms with Crippen LogP contribution in [0.5, 0.6) is 0 Å². The van der Waals surface area contributed by atoms with Crippen LogP contribution in [0.2, 0.25) is 0 Å². The predicted molar refractivity (Wildman–Crippen MR) is 164 cm³/mol. The molecule has 42 heavy (non-hydrogen) atoms. The molecule has 11 heteroatoms. The highest BCUT2D eigenvalue weighted by molar-refractivity contribution is 6.29. The molecule has 11 nitrogen and oxygen atoms in total. The molecule has 0 spiro atoms. The van der Waals surface area contributed by atoms with Gasteiger partial charge >= 0.3 is 0 Å². The Morgan fingerprint density at radius 2 is 1.74 bits per heavy atom. The fourth-order valence-corrected chi connectivity index (χ4v) is 5.03. The van der Waals surface area contributed by atoms with Gasteiger partial charge in [-0.3, -0.25) is 19.3 Å². The third-order valence-corrected chi connectivity index (χ3v) is 7.27. The van der Waals surface area contributed by atoms with Crippen LogP contribution in [0.15, 0.2) is 61.1 Å². The molecule has 0 aliphatic carbocycles. The average Bonchev–Trinajstić information content (AvgIpc) is 3.44. The Labute approximate surface area is 248 Å². The number of nitrogen functional groups attached to an aromatic ring is 1. The van der Waals surface area contributed by atoms with E-state index in [9.17, 15) is 14.4 Å². The lowest BCUT2D eigenvalue weighted by Gasteiger charge is -2.43. The molecule has 0 bridgehead atoms. The highest BCUT2D eigenvalue weighted by Crippen LogP contribution is 2.25. The van der Waals surface area contributed by atoms with Crippen molar-refractivity contribution in [2.24, 2.45) is 5.41 Å². The summed E-state index contributed by atoms with van der Waals surface area (Å²) in [4.78, 5) is 48.7. The first-order valence-corrected chi connectivity index (χ1v) is 14.2. The number of amides is 2. The summed E-state index contributed by atoms with van der Waals surface area (Å²) in [7, 11) is 2.12. The average molecular weight is 577 g/mol. The van der Waals surface area contributed by atoms with Crippen LogP contribution in [-0.4, -0.2) is 93.1 Å². The van der Waals surface area contributed by atoms with Gasteiger partial charge in [-0.15, -0.1) is 0 Å². The minimum absolute atomic E-state index is 0.200. The lowest BCUT2D eigenvalue weighted by Crippen LogP contribution is -2.57. The van der Waals surface area contributed by atoms with Gasteiger partial charge in [0, 0.05) is 57.7 Å². The van der Waals surface area contributed by atoms with E-state index in [1.54, 1.807) is 13.0 Å². The fourth-order valence-electron chi connectivity index (χ4n) is 5.03. The van der Waals surface area contributed by atoms with Crippen molar-refractivity contribution in [2.75, 3.05) is 50.8 Å². The van der Waals surface area contributed by atoms with Crippen LogP contribution in [0, 0.1) is 12.3 Å². The number of imidazole rings is 1. The number of benzene rings is 1. The summed E-state index contributed by atoms with van der Waals surface area (Å²) in [6, 6.07) is 13.9. The summed E-state index contributed by atoms with van der Waals surface area (Å²) >= 11 is 0. The van der Waals surface area contributed by atoms with Gasteiger partial charge in [0.1, 0.15) is 11.6 Å². The number of anilines is 2. The molecule has 2 aliphatic heterocycles. The van der Waals surface area contributed by atoms with E-state index in [2.05, 4.69) is 62.4 Å². The minimum atomic E-state index is -0.703. The summed E-state index contributed by atoms with van der Waals surface area (Å²) in [5.41, 5.74) is 6.31. The smallest absolute Gasteiger partial charge is 0.288 e. The molecule has 2 aliphatic rings. The molecule has 3 N–H and O–H groups in total. The molecule has 1 aromatic carbocycles. The second-order valence-corrected chi connectivity index (χ2v) is 11.4. The first-order valence-electron chi connectivity index (χ1n) is 14.2. The standard InChI is InChI=1S/C17H29N5O.C8H9N3O2.C6H6/c1-14-11-19(4)7-10-22(14)16(23)17(2,3)13-20-8-9-21-6-5-18-15(21)12-20;1-5-2-6(3-10-8(5)9)11-7(13)4-12;1-2-4-6-5-3-1/h5-6,14H,7-13H2,1-4H3;2-4H,1H3,(H2,9,10)(H,11,13);1-6H. The Kier molecular flexibility index (Phi) is 11.8. The third-order valence-electron chi connectivity index (χ3n) is 7.27. The SMILES string of the molecule is CC1CN(C)CCN1C(=O)C(C)(C)CN1CCn2ccnc2C1.Cc1cc(NC(=O)C=O)cnc1N.c1ccccc1. The van der Waals surface area contributed by atoms with E-state index in [1.165, 1.54) is 6.20 Å². The highest BCUT2D eigenvalue weighted by Gasteiger charge is 2.37. The third kappa shape index (κ3) is 9.49. The number of fused-ring (bicyclic) bond motifs is 1. The van der Waals surface area contributed by atoms with E-state index in [0.717, 1.165) is 57.2 Å². The van der Waals surface area contributed by atoms with Gasteiger partial charge in [0.05, 0.1) is 23.8 Å². The zero-order valence-corrected chi connectivity index (χ0v) is 25.4. The molecule has 1 unspecified atom stereocenters. The van der Waals surface area contributed by atoms with Crippen LogP contribution in [0.3, 0.4) is 0 Å². The van der Waals surface area contributed by atoms with Crippen LogP contribution in [0.1, 0.15) is 32.2 Å². The second-order valence-electron chi connectivity index (χ2n) is 11.4. The first-order chi connectivity index (χ1) is 20.0. The van der Waals surface area contributed by atoms with Crippen LogP contribution < -0.4 is 11.1 Å². The maximum Gasteiger partial charge on any atom is 0.288 e. The van der Waals surface area contributed by atoms with Crippen molar-refractivity contribution in [3.05, 3.63) is 72.4 Å². The Hall–Kier alpha value is -4.09. The van der Waals surface area contributed by atoms with Crippen LogP contribution in [0.4, 0.5) is 11.5 Å². The Morgan fingerprint density at radius 3 is 2.33 bits per heavy atom. The molecule has 2 aromatic heterocycles. The maximum atomic E-state index is 13.1. The number of rotatable bonds is 5. The lowest BCUT2D eigenvalue weighted by molar-refractivity contribution is -0.146. The van der Waals surface area contributed by atoms with Gasteiger partial charge in [0.25, 0.3) is 5.91 Å². The number of piperazine rings is 1. The number of likely N-dealkylation sites (N-methyl/N-ethyl adjacent to an activating group) is 1. The van der Waals surface area contributed by atoms with E-state index in [0.29, 0.717) is 17.5 Å². The monoisotopic (exact) mass is 576 g/mol. The van der Waals surface area contributed by atoms with Gasteiger partial charge in [0.2, 0.25) is 12.2 Å². The van der Waals surface area contributed by atoms with Crippen molar-refractivity contribution in [2.45, 2.75) is 46.8 Å². The van der Waals surface area contributed by atoms with E-state index >= 15 is 0 Å². The molecule has 2 amide bonds. The molecule has 0 saturated carbocycles. The van der Waals surface area contributed by atoms with Crippen molar-refractivity contribution >= 4 is 29.6 Å². The molecule has 5 rings (SSSR count). The normalized spacial score (nSPS) is 17.1. The quantitative estimate of drug-likeness (QED) is 0.350. The number of carbonyl (C=O) groups excluding carboxylic acids is 3. The summed E-state index contributed by atoms with van der Waals surface area (Å²) in [6.07, 6.45) is 5.49. The zero-order valence-electron chi connectivity index (χ0n) is 25.4. The van der Waals surface area contributed by atoms with Crippen molar-refractivity contribution in [1.82, 2.24) is 29.2 Å². The number of aryl methyl sites for hydroxylation is 1. The number of nitrogens with one attached hydrogen (secondary N) is 1. The first kappa shape index (κ1) is 32.4. The van der Waals surface area contributed by atoms with Crippen molar-refractivity contribution in [3.63, 3.8) is 0 Å². The molecule has 1 atom stereocenters. The molecule has 3 aromatic rings. The van der Waals surface area contributed by atoms with E-state index < -0.39 is 5.91 Å². The predicted octanol–water partition coefficient (Wildman–Crippen LogP) is 2.68. The van der Waals surface area contributed by atoms with Crippen LogP contribution >= 0.6 is 0 Å². The summed E-state index contributed by atoms with van der Waals surface area (Å²) < 4.78 is 2.20. The topological polar surface area (TPSA) is 130 Å². The molecule has 1 saturated heterocycles. The lowest BCUT2D eigenvalue weighted by atomic mass is 9.89. The zero-order chi connectivity index (χ0) is 30.7. The minimum Gasteiger partial charge on any atom is -0.383 e. The van der Waals surface area contributed by atoms with Gasteiger partial charge in [-0.25, -0.2) is 9.97 Å². The number of aldehydes is 1. The number of hydrogen-bond donors (Lipinski definition) is 2. The maximum absolute atomic E-state index is 13.1. The number of carbonyl (C=O) groups is 3. The van der Waals surface area contributed by atoms with Crippen LogP contribution in [0.25, 0.3) is 0 Å². The Balaban J connectivity index is 0.000000212. The fraction of sp³-hybridized carbons (Fsp3) is 0.452. The molecule has 226 valence electrons. The Bertz CT molecular complexity index is 1280. The molecule has 1 fully saturated rings.